The maximum absolute atomic E-state index is 11.1. The van der Waals surface area contributed by atoms with Gasteiger partial charge in [-0.1, -0.05) is 98.2 Å². The average Bonchev–Trinajstić information content (AvgIpc) is 2.75. The summed E-state index contributed by atoms with van der Waals surface area (Å²) in [7, 11) is 0. The predicted octanol–water partition coefficient (Wildman–Crippen LogP) is 8.22. The zero-order chi connectivity index (χ0) is 26.0. The van der Waals surface area contributed by atoms with Crippen molar-refractivity contribution >= 4 is 5.91 Å². The van der Waals surface area contributed by atoms with Crippen LogP contribution in [0.3, 0.4) is 0 Å². The largest absolute Gasteiger partial charge is 0.354 e. The monoisotopic (exact) mass is 463 g/mol. The van der Waals surface area contributed by atoms with Crippen molar-refractivity contribution < 1.29 is 14.6 Å². The summed E-state index contributed by atoms with van der Waals surface area (Å²) in [5, 5.41) is 2.85. The van der Waals surface area contributed by atoms with Crippen LogP contribution in [-0.4, -0.2) is 18.6 Å². The van der Waals surface area contributed by atoms with Gasteiger partial charge < -0.3 is 5.32 Å². The Labute approximate surface area is 205 Å². The van der Waals surface area contributed by atoms with Gasteiger partial charge in [0.1, 0.15) is 13.2 Å². The van der Waals surface area contributed by atoms with E-state index in [2.05, 4.69) is 77.7 Å². The summed E-state index contributed by atoms with van der Waals surface area (Å²) in [5.74, 6) is 0.935. The first-order valence-corrected chi connectivity index (χ1v) is 12.5. The van der Waals surface area contributed by atoms with Crippen LogP contribution < -0.4 is 5.32 Å². The van der Waals surface area contributed by atoms with E-state index < -0.39 is 0 Å². The molecule has 0 bridgehead atoms. The molecule has 0 aromatic heterocycles. The normalized spacial score (nSPS) is 12.6. The highest BCUT2D eigenvalue weighted by molar-refractivity contribution is 5.78. The molecular weight excluding hydrogens is 410 g/mol. The molecule has 1 rings (SSSR count). The second-order valence-electron chi connectivity index (χ2n) is 10.4. The molecule has 0 fully saturated rings. The minimum atomic E-state index is 0.155. The number of carbonyl (C=O) groups is 1. The van der Waals surface area contributed by atoms with E-state index in [-0.39, 0.29) is 17.9 Å². The van der Waals surface area contributed by atoms with Gasteiger partial charge in [0.2, 0.25) is 5.91 Å². The number of carbonyl (C=O) groups excluding carboxylic acids is 1. The second kappa shape index (κ2) is 18.7. The van der Waals surface area contributed by atoms with E-state index in [1.165, 1.54) is 12.0 Å². The van der Waals surface area contributed by atoms with Crippen molar-refractivity contribution in [1.82, 2.24) is 5.32 Å². The van der Waals surface area contributed by atoms with E-state index in [9.17, 15) is 4.79 Å². The molecule has 0 heterocycles. The van der Waals surface area contributed by atoms with Crippen LogP contribution in [0.15, 0.2) is 36.4 Å². The molecular formula is C29H53NO3. The predicted molar refractivity (Wildman–Crippen MR) is 143 cm³/mol. The van der Waals surface area contributed by atoms with Gasteiger partial charge in [0.25, 0.3) is 0 Å². The van der Waals surface area contributed by atoms with Crippen LogP contribution >= 0.6 is 0 Å². The zero-order valence-corrected chi connectivity index (χ0v) is 23.5. The molecule has 0 aliphatic carbocycles. The molecule has 1 amide bonds. The molecule has 33 heavy (non-hydrogen) atoms. The van der Waals surface area contributed by atoms with Crippen molar-refractivity contribution in [2.24, 2.45) is 11.3 Å². The lowest BCUT2D eigenvalue weighted by molar-refractivity contribution is -0.297. The first kappa shape index (κ1) is 33.5. The van der Waals surface area contributed by atoms with E-state index in [0.29, 0.717) is 24.5 Å². The Bertz CT molecular complexity index is 629. The lowest BCUT2D eigenvalue weighted by atomic mass is 9.94. The number of benzene rings is 1. The molecule has 0 spiro atoms. The lowest BCUT2D eigenvalue weighted by Gasteiger charge is -2.12. The molecule has 0 aliphatic heterocycles. The number of hydrogen-bond donors (Lipinski definition) is 1. The third kappa shape index (κ3) is 20.7. The summed E-state index contributed by atoms with van der Waals surface area (Å²) in [5.41, 5.74) is 4.00. The first-order valence-electron chi connectivity index (χ1n) is 12.5. The van der Waals surface area contributed by atoms with Crippen molar-refractivity contribution in [3.8, 4) is 0 Å². The van der Waals surface area contributed by atoms with Gasteiger partial charge in [-0.25, -0.2) is 9.78 Å². The fourth-order valence-electron chi connectivity index (χ4n) is 2.04. The van der Waals surface area contributed by atoms with Crippen molar-refractivity contribution in [3.63, 3.8) is 0 Å². The van der Waals surface area contributed by atoms with Crippen LogP contribution in [0, 0.1) is 11.3 Å². The van der Waals surface area contributed by atoms with Crippen molar-refractivity contribution in [3.05, 3.63) is 47.5 Å². The Morgan fingerprint density at radius 1 is 0.970 bits per heavy atom. The molecule has 2 unspecified atom stereocenters. The molecule has 0 radical (unpaired) electrons. The first-order chi connectivity index (χ1) is 15.3. The SMILES string of the molecule is C=C(C)COOCc1ccc(C(C)CC)cc1.CCC(C)(C)C.CCC(C)C(=O)NC(C)C. The second-order valence-corrected chi connectivity index (χ2v) is 10.4. The van der Waals surface area contributed by atoms with Crippen molar-refractivity contribution in [2.45, 2.75) is 114 Å². The van der Waals surface area contributed by atoms with Crippen LogP contribution in [0.1, 0.15) is 112 Å². The quantitative estimate of drug-likeness (QED) is 0.164. The topological polar surface area (TPSA) is 47.6 Å². The number of nitrogens with one attached hydrogen (secondary N) is 1. The summed E-state index contributed by atoms with van der Waals surface area (Å²) >= 11 is 0. The van der Waals surface area contributed by atoms with Crippen LogP contribution in [0.4, 0.5) is 0 Å². The Hall–Kier alpha value is -1.65. The number of rotatable bonds is 10. The van der Waals surface area contributed by atoms with Gasteiger partial charge in [-0.2, -0.15) is 0 Å². The van der Waals surface area contributed by atoms with Crippen LogP contribution in [0.5, 0.6) is 0 Å². The molecule has 1 N–H and O–H groups in total. The zero-order valence-electron chi connectivity index (χ0n) is 23.5. The summed E-state index contributed by atoms with van der Waals surface area (Å²) < 4.78 is 0. The standard InChI is InChI=1S/C15H22O2.C8H17NO.C6H14/c1-5-13(4)15-8-6-14(7-9-15)11-17-16-10-12(2)3;1-5-7(4)8(10)9-6(2)3;1-5-6(2,3)4/h6-9,13H,2,5,10-11H2,1,3-4H3;6-7H,5H2,1-4H3,(H,9,10);5H2,1-4H3. The smallest absolute Gasteiger partial charge is 0.223 e. The molecule has 1 aromatic carbocycles. The molecule has 0 saturated heterocycles. The molecule has 0 aliphatic rings. The van der Waals surface area contributed by atoms with Crippen molar-refractivity contribution in [2.75, 3.05) is 6.61 Å². The number of hydrogen-bond acceptors (Lipinski definition) is 3. The van der Waals surface area contributed by atoms with E-state index in [1.54, 1.807) is 0 Å². The fourth-order valence-corrected chi connectivity index (χ4v) is 2.04. The van der Waals surface area contributed by atoms with Crippen molar-refractivity contribution in [1.29, 1.82) is 0 Å². The van der Waals surface area contributed by atoms with E-state index in [0.717, 1.165) is 24.0 Å². The van der Waals surface area contributed by atoms with Crippen LogP contribution in [-0.2, 0) is 21.2 Å². The Balaban J connectivity index is 0. The highest BCUT2D eigenvalue weighted by Crippen LogP contribution is 2.19. The van der Waals surface area contributed by atoms with Gasteiger partial charge in [0.15, 0.2) is 0 Å². The number of amides is 1. The Morgan fingerprint density at radius 3 is 1.85 bits per heavy atom. The third-order valence-electron chi connectivity index (χ3n) is 5.33. The van der Waals surface area contributed by atoms with Gasteiger partial charge >= 0.3 is 0 Å². The summed E-state index contributed by atoms with van der Waals surface area (Å²) in [6.07, 6.45) is 3.35. The van der Waals surface area contributed by atoms with Gasteiger partial charge in [0.05, 0.1) is 0 Å². The molecule has 0 saturated carbocycles. The Kier molecular flexibility index (Phi) is 19.0. The fraction of sp³-hybridized carbons (Fsp3) is 0.690. The van der Waals surface area contributed by atoms with Gasteiger partial charge in [-0.3, -0.25) is 4.79 Å². The minimum absolute atomic E-state index is 0.155. The van der Waals surface area contributed by atoms with E-state index in [1.807, 2.05) is 34.6 Å². The van der Waals surface area contributed by atoms with Gasteiger partial charge in [-0.05, 0) is 56.1 Å². The minimum Gasteiger partial charge on any atom is -0.354 e. The maximum atomic E-state index is 11.1. The summed E-state index contributed by atoms with van der Waals surface area (Å²) in [4.78, 5) is 21.2. The van der Waals surface area contributed by atoms with Crippen LogP contribution in [0.2, 0.25) is 0 Å². The van der Waals surface area contributed by atoms with Gasteiger partial charge in [-0.15, -0.1) is 0 Å². The summed E-state index contributed by atoms with van der Waals surface area (Å²) in [6, 6.07) is 8.76. The molecule has 192 valence electrons. The van der Waals surface area contributed by atoms with Gasteiger partial charge in [0, 0.05) is 12.0 Å². The maximum Gasteiger partial charge on any atom is 0.223 e. The average molecular weight is 464 g/mol. The van der Waals surface area contributed by atoms with Crippen LogP contribution in [0.25, 0.3) is 0 Å². The summed E-state index contributed by atoms with van der Waals surface area (Å²) in [6.45, 7) is 27.9. The molecule has 2 atom stereocenters. The highest BCUT2D eigenvalue weighted by atomic mass is 17.2. The van der Waals surface area contributed by atoms with E-state index in [4.69, 9.17) is 9.78 Å². The molecule has 4 heteroatoms. The highest BCUT2D eigenvalue weighted by Gasteiger charge is 2.10. The third-order valence-corrected chi connectivity index (χ3v) is 5.33. The lowest BCUT2D eigenvalue weighted by Crippen LogP contribution is -2.34. The van der Waals surface area contributed by atoms with E-state index >= 15 is 0 Å². The Morgan fingerprint density at radius 2 is 1.48 bits per heavy atom. The molecule has 1 aromatic rings. The molecule has 4 nitrogen and oxygen atoms in total.